The van der Waals surface area contributed by atoms with Crippen molar-refractivity contribution in [2.75, 3.05) is 0 Å². The van der Waals surface area contributed by atoms with Crippen molar-refractivity contribution in [2.24, 2.45) is 7.05 Å². The van der Waals surface area contributed by atoms with Gasteiger partial charge in [-0.25, -0.2) is 4.79 Å². The normalized spacial score (nSPS) is 12.0. The molecule has 0 radical (unpaired) electrons. The summed E-state index contributed by atoms with van der Waals surface area (Å²) in [6.45, 7) is 5.56. The zero-order valence-corrected chi connectivity index (χ0v) is 14.9. The molecule has 1 heterocycles. The molecule has 0 saturated heterocycles. The fraction of sp³-hybridized carbons (Fsp3) is 0.389. The van der Waals surface area contributed by atoms with Gasteiger partial charge in [-0.3, -0.25) is 18.7 Å². The standard InChI is InChI=1S/C18H23N3O4/c1-12(2)25-15-8-6-5-7-14(15)13(3)19-16(22)11-21-10-9-17(23)20(4)18(21)24/h5-10,12-13H,11H2,1-4H3,(H,19,22)/t13-/m1/s1. The lowest BCUT2D eigenvalue weighted by atomic mass is 10.1. The van der Waals surface area contributed by atoms with Crippen molar-refractivity contribution in [3.05, 3.63) is 62.9 Å². The Kier molecular flexibility index (Phi) is 5.80. The molecule has 0 aliphatic heterocycles. The summed E-state index contributed by atoms with van der Waals surface area (Å²) in [5, 5.41) is 2.85. The maximum Gasteiger partial charge on any atom is 0.331 e. The molecule has 2 aromatic rings. The minimum Gasteiger partial charge on any atom is -0.491 e. The van der Waals surface area contributed by atoms with E-state index in [0.29, 0.717) is 5.75 Å². The van der Waals surface area contributed by atoms with Gasteiger partial charge < -0.3 is 10.1 Å². The van der Waals surface area contributed by atoms with E-state index in [-0.39, 0.29) is 24.6 Å². The molecule has 1 aromatic heterocycles. The summed E-state index contributed by atoms with van der Waals surface area (Å²) in [6.07, 6.45) is 1.35. The van der Waals surface area contributed by atoms with Gasteiger partial charge in [0.05, 0.1) is 12.1 Å². The molecule has 7 heteroatoms. The van der Waals surface area contributed by atoms with Crippen molar-refractivity contribution >= 4 is 5.91 Å². The van der Waals surface area contributed by atoms with Crippen LogP contribution in [0.3, 0.4) is 0 Å². The van der Waals surface area contributed by atoms with Crippen LogP contribution in [-0.2, 0) is 18.4 Å². The number of hydrogen-bond acceptors (Lipinski definition) is 4. The number of carbonyl (C=O) groups excluding carboxylic acids is 1. The smallest absolute Gasteiger partial charge is 0.331 e. The molecule has 1 atom stereocenters. The van der Waals surface area contributed by atoms with Crippen molar-refractivity contribution in [3.63, 3.8) is 0 Å². The highest BCUT2D eigenvalue weighted by molar-refractivity contribution is 5.76. The lowest BCUT2D eigenvalue weighted by Gasteiger charge is -2.20. The number of hydrogen-bond donors (Lipinski definition) is 1. The molecule has 7 nitrogen and oxygen atoms in total. The van der Waals surface area contributed by atoms with E-state index in [1.807, 2.05) is 45.0 Å². The van der Waals surface area contributed by atoms with Crippen LogP contribution in [0, 0.1) is 0 Å². The summed E-state index contributed by atoms with van der Waals surface area (Å²) in [5.41, 5.74) is -0.0778. The molecule has 134 valence electrons. The number of nitrogens with one attached hydrogen (secondary N) is 1. The van der Waals surface area contributed by atoms with E-state index in [4.69, 9.17) is 4.74 Å². The molecule has 2 rings (SSSR count). The highest BCUT2D eigenvalue weighted by Crippen LogP contribution is 2.25. The number of amides is 1. The Morgan fingerprint density at radius 1 is 1.16 bits per heavy atom. The van der Waals surface area contributed by atoms with Gasteiger partial charge in [0.1, 0.15) is 12.3 Å². The first-order valence-corrected chi connectivity index (χ1v) is 8.11. The Bertz CT molecular complexity index is 867. The SMILES string of the molecule is CC(C)Oc1ccccc1[C@@H](C)NC(=O)Cn1ccc(=O)n(C)c1=O. The van der Waals surface area contributed by atoms with E-state index in [2.05, 4.69) is 5.32 Å². The van der Waals surface area contributed by atoms with E-state index < -0.39 is 11.2 Å². The molecule has 1 N–H and O–H groups in total. The largest absolute Gasteiger partial charge is 0.491 e. The van der Waals surface area contributed by atoms with Crippen LogP contribution in [0.1, 0.15) is 32.4 Å². The summed E-state index contributed by atoms with van der Waals surface area (Å²) in [6, 6.07) is 8.47. The van der Waals surface area contributed by atoms with Crippen LogP contribution in [0.4, 0.5) is 0 Å². The predicted molar refractivity (Wildman–Crippen MR) is 94.7 cm³/mol. The first kappa shape index (κ1) is 18.5. The number of para-hydroxylation sites is 1. The number of carbonyl (C=O) groups is 1. The molecule has 1 aromatic carbocycles. The van der Waals surface area contributed by atoms with Crippen LogP contribution in [0.25, 0.3) is 0 Å². The van der Waals surface area contributed by atoms with Crippen molar-refractivity contribution < 1.29 is 9.53 Å². The van der Waals surface area contributed by atoms with E-state index in [9.17, 15) is 14.4 Å². The fourth-order valence-electron chi connectivity index (χ4n) is 2.46. The molecule has 0 spiro atoms. The Labute approximate surface area is 145 Å². The second-order valence-electron chi connectivity index (χ2n) is 6.12. The van der Waals surface area contributed by atoms with Crippen LogP contribution < -0.4 is 21.3 Å². The zero-order valence-electron chi connectivity index (χ0n) is 14.9. The minimum absolute atomic E-state index is 0.0215. The Hall–Kier alpha value is -2.83. The number of nitrogens with zero attached hydrogens (tertiary/aromatic N) is 2. The van der Waals surface area contributed by atoms with Crippen LogP contribution in [0.15, 0.2) is 46.1 Å². The van der Waals surface area contributed by atoms with E-state index in [0.717, 1.165) is 10.1 Å². The number of rotatable bonds is 6. The van der Waals surface area contributed by atoms with Gasteiger partial charge in [-0.15, -0.1) is 0 Å². The monoisotopic (exact) mass is 345 g/mol. The maximum absolute atomic E-state index is 12.3. The van der Waals surface area contributed by atoms with Gasteiger partial charge >= 0.3 is 5.69 Å². The van der Waals surface area contributed by atoms with Crippen molar-refractivity contribution in [1.82, 2.24) is 14.5 Å². The van der Waals surface area contributed by atoms with Crippen LogP contribution in [0.2, 0.25) is 0 Å². The van der Waals surface area contributed by atoms with Gasteiger partial charge in [-0.05, 0) is 26.8 Å². The Balaban J connectivity index is 2.12. The van der Waals surface area contributed by atoms with Crippen LogP contribution in [0.5, 0.6) is 5.75 Å². The van der Waals surface area contributed by atoms with Gasteiger partial charge in [0.2, 0.25) is 5.91 Å². The minimum atomic E-state index is -0.529. The fourth-order valence-corrected chi connectivity index (χ4v) is 2.46. The summed E-state index contributed by atoms with van der Waals surface area (Å²) < 4.78 is 7.92. The number of benzene rings is 1. The second kappa shape index (κ2) is 7.83. The van der Waals surface area contributed by atoms with Gasteiger partial charge in [0.25, 0.3) is 5.56 Å². The molecule has 0 saturated carbocycles. The average molecular weight is 345 g/mol. The van der Waals surface area contributed by atoms with Crippen molar-refractivity contribution in [2.45, 2.75) is 39.5 Å². The predicted octanol–water partition coefficient (Wildman–Crippen LogP) is 1.21. The summed E-state index contributed by atoms with van der Waals surface area (Å²) in [4.78, 5) is 35.7. The molecule has 0 bridgehead atoms. The maximum atomic E-state index is 12.3. The lowest BCUT2D eigenvalue weighted by Crippen LogP contribution is -2.40. The van der Waals surface area contributed by atoms with Crippen LogP contribution in [-0.4, -0.2) is 21.1 Å². The van der Waals surface area contributed by atoms with Gasteiger partial charge in [-0.1, -0.05) is 18.2 Å². The topological polar surface area (TPSA) is 82.3 Å². The first-order valence-electron chi connectivity index (χ1n) is 8.11. The van der Waals surface area contributed by atoms with Crippen molar-refractivity contribution in [3.8, 4) is 5.75 Å². The highest BCUT2D eigenvalue weighted by atomic mass is 16.5. The molecule has 0 aliphatic rings. The van der Waals surface area contributed by atoms with Gasteiger partial charge in [0, 0.05) is 24.9 Å². The van der Waals surface area contributed by atoms with E-state index in [1.54, 1.807) is 0 Å². The summed E-state index contributed by atoms with van der Waals surface area (Å²) >= 11 is 0. The van der Waals surface area contributed by atoms with Crippen LogP contribution >= 0.6 is 0 Å². The molecule has 1 amide bonds. The third kappa shape index (κ3) is 4.59. The third-order valence-electron chi connectivity index (χ3n) is 3.70. The quantitative estimate of drug-likeness (QED) is 0.853. The molecule has 0 fully saturated rings. The second-order valence-corrected chi connectivity index (χ2v) is 6.12. The summed E-state index contributed by atoms with van der Waals surface area (Å²) in [7, 11) is 1.38. The van der Waals surface area contributed by atoms with E-state index in [1.165, 1.54) is 23.9 Å². The zero-order chi connectivity index (χ0) is 18.6. The molecule has 25 heavy (non-hydrogen) atoms. The highest BCUT2D eigenvalue weighted by Gasteiger charge is 2.15. The molecule has 0 unspecified atom stereocenters. The average Bonchev–Trinajstić information content (AvgIpc) is 2.55. The first-order chi connectivity index (χ1) is 11.8. The third-order valence-corrected chi connectivity index (χ3v) is 3.70. The lowest BCUT2D eigenvalue weighted by molar-refractivity contribution is -0.122. The number of ether oxygens (including phenoxy) is 1. The van der Waals surface area contributed by atoms with Gasteiger partial charge in [-0.2, -0.15) is 0 Å². The summed E-state index contributed by atoms with van der Waals surface area (Å²) in [5.74, 6) is 0.386. The number of aromatic nitrogens is 2. The van der Waals surface area contributed by atoms with Gasteiger partial charge in [0.15, 0.2) is 0 Å². The van der Waals surface area contributed by atoms with Crippen molar-refractivity contribution in [1.29, 1.82) is 0 Å². The molecular weight excluding hydrogens is 322 g/mol. The molecule has 0 aliphatic carbocycles. The Morgan fingerprint density at radius 2 is 1.84 bits per heavy atom. The Morgan fingerprint density at radius 3 is 2.52 bits per heavy atom. The molecular formula is C18H23N3O4. The van der Waals surface area contributed by atoms with E-state index >= 15 is 0 Å².